The van der Waals surface area contributed by atoms with E-state index in [0.717, 1.165) is 31.1 Å². The summed E-state index contributed by atoms with van der Waals surface area (Å²) in [5.41, 5.74) is 1.19. The third kappa shape index (κ3) is 4.99. The Morgan fingerprint density at radius 3 is 2.76 bits per heavy atom. The number of fused-ring (bicyclic) bond motifs is 1. The van der Waals surface area contributed by atoms with Crippen LogP contribution in [0.1, 0.15) is 36.9 Å². The first kappa shape index (κ1) is 25.7. The molecule has 3 unspecified atom stereocenters. The molecule has 0 radical (unpaired) electrons. The quantitative estimate of drug-likeness (QED) is 0.519. The van der Waals surface area contributed by atoms with Gasteiger partial charge in [-0.2, -0.15) is 13.2 Å². The minimum absolute atomic E-state index is 0.00813. The van der Waals surface area contributed by atoms with Crippen molar-refractivity contribution in [1.29, 1.82) is 0 Å². The van der Waals surface area contributed by atoms with Gasteiger partial charge in [-0.25, -0.2) is 4.68 Å². The molecule has 5 rings (SSSR count). The Hall–Kier alpha value is -2.89. The molecule has 1 aromatic heterocycles. The van der Waals surface area contributed by atoms with Crippen molar-refractivity contribution in [2.45, 2.75) is 44.1 Å². The first-order chi connectivity index (χ1) is 17.7. The Morgan fingerprint density at radius 1 is 1.24 bits per heavy atom. The number of anilines is 1. The van der Waals surface area contributed by atoms with Gasteiger partial charge in [0.15, 0.2) is 0 Å². The Balaban J connectivity index is 1.42. The zero-order valence-corrected chi connectivity index (χ0v) is 21.0. The number of aliphatic hydroxyl groups excluding tert-OH is 1. The van der Waals surface area contributed by atoms with Crippen molar-refractivity contribution < 1.29 is 23.1 Å². The summed E-state index contributed by atoms with van der Waals surface area (Å²) < 4.78 is 42.7. The van der Waals surface area contributed by atoms with E-state index in [1.165, 1.54) is 16.8 Å². The summed E-state index contributed by atoms with van der Waals surface area (Å²) in [4.78, 5) is 16.8. The highest BCUT2D eigenvalue weighted by atomic mass is 35.5. The fourth-order valence-corrected chi connectivity index (χ4v) is 5.48. The summed E-state index contributed by atoms with van der Waals surface area (Å²) in [5.74, 6) is 0.0196. The number of alkyl halides is 3. The Bertz CT molecular complexity index is 1290. The van der Waals surface area contributed by atoms with Crippen LogP contribution in [0.2, 0.25) is 5.02 Å². The van der Waals surface area contributed by atoms with Gasteiger partial charge in [0, 0.05) is 30.3 Å². The SMILES string of the molecule is CC(c1ccc(Cl)cc1C(F)(F)F)n1nnc2ccc(N3CCN(C(=O)C4CCCN4)C(CO)C3)cc21. The second kappa shape index (κ2) is 10.1. The molecule has 3 aromatic rings. The Kier molecular flexibility index (Phi) is 7.03. The topological polar surface area (TPSA) is 86.5 Å². The van der Waals surface area contributed by atoms with E-state index in [4.69, 9.17) is 11.6 Å². The number of amides is 1. The van der Waals surface area contributed by atoms with Gasteiger partial charge < -0.3 is 20.2 Å². The van der Waals surface area contributed by atoms with Crippen molar-refractivity contribution in [2.24, 2.45) is 0 Å². The molecule has 2 fully saturated rings. The number of piperazine rings is 1. The number of aromatic nitrogens is 3. The van der Waals surface area contributed by atoms with Crippen LogP contribution in [0, 0.1) is 0 Å². The Morgan fingerprint density at radius 2 is 2.05 bits per heavy atom. The second-order valence-electron chi connectivity index (χ2n) is 9.58. The molecule has 2 aromatic carbocycles. The van der Waals surface area contributed by atoms with Crippen LogP contribution in [-0.4, -0.2) is 75.8 Å². The maximum Gasteiger partial charge on any atom is 0.416 e. The number of carbonyl (C=O) groups is 1. The summed E-state index contributed by atoms with van der Waals surface area (Å²) in [7, 11) is 0. The molecule has 0 bridgehead atoms. The van der Waals surface area contributed by atoms with Crippen molar-refractivity contribution in [3.63, 3.8) is 0 Å². The van der Waals surface area contributed by atoms with Crippen LogP contribution in [0.5, 0.6) is 0 Å². The lowest BCUT2D eigenvalue weighted by Crippen LogP contribution is -2.59. The maximum absolute atomic E-state index is 13.7. The van der Waals surface area contributed by atoms with Crippen LogP contribution in [0.4, 0.5) is 18.9 Å². The third-order valence-electron chi connectivity index (χ3n) is 7.29. The number of hydrogen-bond acceptors (Lipinski definition) is 6. The van der Waals surface area contributed by atoms with E-state index in [1.807, 2.05) is 12.1 Å². The smallest absolute Gasteiger partial charge is 0.394 e. The molecule has 2 N–H and O–H groups in total. The molecule has 3 atom stereocenters. The van der Waals surface area contributed by atoms with Gasteiger partial charge in [-0.1, -0.05) is 22.9 Å². The fourth-order valence-electron chi connectivity index (χ4n) is 5.31. The second-order valence-corrected chi connectivity index (χ2v) is 10.0. The number of halogens is 4. The molecule has 198 valence electrons. The first-order valence-electron chi connectivity index (χ1n) is 12.3. The lowest BCUT2D eigenvalue weighted by atomic mass is 10.0. The molecular weight excluding hydrogens is 509 g/mol. The molecule has 2 aliphatic rings. The minimum Gasteiger partial charge on any atom is -0.394 e. The zero-order chi connectivity index (χ0) is 26.3. The highest BCUT2D eigenvalue weighted by Crippen LogP contribution is 2.38. The van der Waals surface area contributed by atoms with Crippen molar-refractivity contribution in [1.82, 2.24) is 25.2 Å². The summed E-state index contributed by atoms with van der Waals surface area (Å²) >= 11 is 5.86. The summed E-state index contributed by atoms with van der Waals surface area (Å²) in [6, 6.07) is 7.92. The van der Waals surface area contributed by atoms with Gasteiger partial charge in [-0.05, 0) is 62.2 Å². The number of rotatable bonds is 5. The Labute approximate surface area is 217 Å². The van der Waals surface area contributed by atoms with Crippen molar-refractivity contribution in [3.05, 3.63) is 52.5 Å². The molecule has 0 saturated carbocycles. The fraction of sp³-hybridized carbons (Fsp3) is 0.480. The molecule has 2 saturated heterocycles. The van der Waals surface area contributed by atoms with E-state index >= 15 is 0 Å². The van der Waals surface area contributed by atoms with E-state index in [0.29, 0.717) is 30.7 Å². The highest BCUT2D eigenvalue weighted by molar-refractivity contribution is 6.30. The zero-order valence-electron chi connectivity index (χ0n) is 20.2. The number of hydrogen-bond donors (Lipinski definition) is 2. The van der Waals surface area contributed by atoms with Crippen LogP contribution in [-0.2, 0) is 11.0 Å². The van der Waals surface area contributed by atoms with Crippen molar-refractivity contribution >= 4 is 34.2 Å². The van der Waals surface area contributed by atoms with E-state index in [1.54, 1.807) is 17.9 Å². The standard InChI is InChI=1S/C25H28ClF3N6O2/c1-15(19-6-4-16(26)11-20(19)25(27,28)29)35-23-12-17(5-7-21(23)31-32-35)33-9-10-34(18(13-33)14-36)24(37)22-3-2-8-30-22/h4-7,11-12,15,18,22,30,36H,2-3,8-10,13-14H2,1H3. The largest absolute Gasteiger partial charge is 0.416 e. The average Bonchev–Trinajstić information content (AvgIpc) is 3.57. The lowest BCUT2D eigenvalue weighted by molar-refractivity contribution is -0.138. The number of benzene rings is 2. The predicted octanol–water partition coefficient (Wildman–Crippen LogP) is 3.47. The lowest BCUT2D eigenvalue weighted by Gasteiger charge is -2.42. The molecule has 37 heavy (non-hydrogen) atoms. The number of aliphatic hydroxyl groups is 1. The normalized spacial score (nSPS) is 21.6. The molecular formula is C25H28ClF3N6O2. The van der Waals surface area contributed by atoms with Crippen LogP contribution in [0.25, 0.3) is 11.0 Å². The number of nitrogens with zero attached hydrogens (tertiary/aromatic N) is 5. The minimum atomic E-state index is -4.57. The molecule has 0 spiro atoms. The maximum atomic E-state index is 13.7. The molecule has 12 heteroatoms. The van der Waals surface area contributed by atoms with Gasteiger partial charge in [0.25, 0.3) is 0 Å². The van der Waals surface area contributed by atoms with Crippen LogP contribution in [0.15, 0.2) is 36.4 Å². The van der Waals surface area contributed by atoms with Crippen LogP contribution >= 0.6 is 11.6 Å². The third-order valence-corrected chi connectivity index (χ3v) is 7.53. The van der Waals surface area contributed by atoms with E-state index in [2.05, 4.69) is 20.5 Å². The van der Waals surface area contributed by atoms with Gasteiger partial charge >= 0.3 is 6.18 Å². The van der Waals surface area contributed by atoms with Crippen molar-refractivity contribution in [3.8, 4) is 0 Å². The summed E-state index contributed by atoms with van der Waals surface area (Å²) in [5, 5.41) is 21.6. The van der Waals surface area contributed by atoms with Crippen LogP contribution in [0.3, 0.4) is 0 Å². The van der Waals surface area contributed by atoms with Gasteiger partial charge in [0.2, 0.25) is 5.91 Å². The molecule has 1 amide bonds. The van der Waals surface area contributed by atoms with E-state index < -0.39 is 17.8 Å². The van der Waals surface area contributed by atoms with Crippen LogP contribution < -0.4 is 10.2 Å². The van der Waals surface area contributed by atoms with Crippen molar-refractivity contribution in [2.75, 3.05) is 37.7 Å². The number of carbonyl (C=O) groups excluding carboxylic acids is 1. The predicted molar refractivity (Wildman–Crippen MR) is 134 cm³/mol. The van der Waals surface area contributed by atoms with E-state index in [9.17, 15) is 23.1 Å². The van der Waals surface area contributed by atoms with E-state index in [-0.39, 0.29) is 35.2 Å². The van der Waals surface area contributed by atoms with Gasteiger partial charge in [-0.3, -0.25) is 4.79 Å². The monoisotopic (exact) mass is 536 g/mol. The summed E-state index contributed by atoms with van der Waals surface area (Å²) in [6.07, 6.45) is -2.81. The van der Waals surface area contributed by atoms with Gasteiger partial charge in [-0.15, -0.1) is 5.10 Å². The van der Waals surface area contributed by atoms with Gasteiger partial charge in [0.1, 0.15) is 5.52 Å². The summed E-state index contributed by atoms with van der Waals surface area (Å²) in [6.45, 7) is 3.77. The first-order valence-corrected chi connectivity index (χ1v) is 12.7. The highest BCUT2D eigenvalue weighted by Gasteiger charge is 2.37. The molecule has 2 aliphatic heterocycles. The molecule has 0 aliphatic carbocycles. The molecule has 8 nitrogen and oxygen atoms in total. The van der Waals surface area contributed by atoms with Gasteiger partial charge in [0.05, 0.1) is 35.8 Å². The molecule has 3 heterocycles. The number of nitrogens with one attached hydrogen (secondary N) is 1. The average molecular weight is 537 g/mol.